The number of aryl methyl sites for hydroxylation is 1. The third-order valence-electron chi connectivity index (χ3n) is 12.4. The van der Waals surface area contributed by atoms with Crippen molar-refractivity contribution in [3.05, 3.63) is 230 Å². The van der Waals surface area contributed by atoms with E-state index in [9.17, 15) is 0 Å². The molecule has 12 aromatic rings. The van der Waals surface area contributed by atoms with Gasteiger partial charge in [0.1, 0.15) is 0 Å². The highest BCUT2D eigenvalue weighted by molar-refractivity contribution is 6.13. The van der Waals surface area contributed by atoms with Gasteiger partial charge in [-0.15, -0.1) is 0 Å². The van der Waals surface area contributed by atoms with E-state index in [0.29, 0.717) is 0 Å². The average Bonchev–Trinajstić information content (AvgIpc) is 3.95. The molecule has 3 heteroatoms. The number of nitrogens with one attached hydrogen (secondary N) is 1. The van der Waals surface area contributed by atoms with Crippen molar-refractivity contribution < 1.29 is 0 Å². The summed E-state index contributed by atoms with van der Waals surface area (Å²) in [6.07, 6.45) is 0. The van der Waals surface area contributed by atoms with Gasteiger partial charge in [-0.2, -0.15) is 0 Å². The Morgan fingerprint density at radius 2 is 0.672 bits per heavy atom. The van der Waals surface area contributed by atoms with Crippen LogP contribution in [0.25, 0.3) is 99.3 Å². The molecule has 12 rings (SSSR count). The molecule has 0 saturated heterocycles. The van der Waals surface area contributed by atoms with Crippen LogP contribution in [-0.4, -0.2) is 14.1 Å². The van der Waals surface area contributed by atoms with E-state index in [1.165, 1.54) is 99.5 Å². The van der Waals surface area contributed by atoms with Gasteiger partial charge in [0.25, 0.3) is 0 Å². The van der Waals surface area contributed by atoms with Crippen molar-refractivity contribution in [1.82, 2.24) is 14.1 Å². The maximum atomic E-state index is 3.63. The highest BCUT2D eigenvalue weighted by Crippen LogP contribution is 2.39. The standard InChI is InChI=1S/C42H28N2.C16H15N/c1-4-10-28(11-5-1)30-16-20-39-35(24-30)36-25-32(17-21-40(36)43-39)33-19-23-42-38(27-33)37-26-31(29-12-6-2-7-13-29)18-22-41(37)44(42)34-14-8-3-9-15-34;1-12-13(2)17(14-8-4-3-5-9-14)16-11-7-6-10-15(12)16/h1-27,43H;3-11H,1-2H3. The number of H-pyrrole nitrogens is 1. The molecule has 0 radical (unpaired) electrons. The Hall–Kier alpha value is -7.88. The summed E-state index contributed by atoms with van der Waals surface area (Å²) >= 11 is 0. The highest BCUT2D eigenvalue weighted by atomic mass is 15.0. The predicted octanol–water partition coefficient (Wildman–Crippen LogP) is 15.7. The summed E-state index contributed by atoms with van der Waals surface area (Å²) in [5.74, 6) is 0. The highest BCUT2D eigenvalue weighted by Gasteiger charge is 2.16. The fraction of sp³-hybridized carbons (Fsp3) is 0.0345. The van der Waals surface area contributed by atoms with Crippen molar-refractivity contribution in [2.45, 2.75) is 13.8 Å². The third kappa shape index (κ3) is 6.39. The fourth-order valence-electron chi connectivity index (χ4n) is 9.19. The lowest BCUT2D eigenvalue weighted by molar-refractivity contribution is 1.04. The fourth-order valence-corrected chi connectivity index (χ4v) is 9.19. The minimum atomic E-state index is 1.16. The number of aromatic amines is 1. The molecule has 0 bridgehead atoms. The van der Waals surface area contributed by atoms with E-state index in [2.05, 4.69) is 246 Å². The molecule has 290 valence electrons. The lowest BCUT2D eigenvalue weighted by atomic mass is 9.98. The zero-order valence-electron chi connectivity index (χ0n) is 34.2. The minimum Gasteiger partial charge on any atom is -0.355 e. The summed E-state index contributed by atoms with van der Waals surface area (Å²) < 4.78 is 4.71. The second kappa shape index (κ2) is 15.1. The molecule has 9 aromatic carbocycles. The molecule has 0 amide bonds. The van der Waals surface area contributed by atoms with Crippen LogP contribution in [0, 0.1) is 13.8 Å². The monoisotopic (exact) mass is 781 g/mol. The van der Waals surface area contributed by atoms with Crippen LogP contribution < -0.4 is 0 Å². The van der Waals surface area contributed by atoms with Gasteiger partial charge < -0.3 is 14.1 Å². The molecule has 0 unspecified atom stereocenters. The van der Waals surface area contributed by atoms with Crippen LogP contribution in [-0.2, 0) is 0 Å². The van der Waals surface area contributed by atoms with Gasteiger partial charge in [-0.3, -0.25) is 0 Å². The van der Waals surface area contributed by atoms with Crippen molar-refractivity contribution >= 4 is 54.5 Å². The first-order valence-electron chi connectivity index (χ1n) is 21.0. The first-order valence-corrected chi connectivity index (χ1v) is 21.0. The quantitative estimate of drug-likeness (QED) is 0.180. The number of aromatic nitrogens is 3. The normalized spacial score (nSPS) is 11.4. The van der Waals surface area contributed by atoms with Gasteiger partial charge >= 0.3 is 0 Å². The summed E-state index contributed by atoms with van der Waals surface area (Å²) in [5, 5.41) is 6.34. The van der Waals surface area contributed by atoms with Crippen molar-refractivity contribution in [2.24, 2.45) is 0 Å². The summed E-state index contributed by atoms with van der Waals surface area (Å²) in [4.78, 5) is 3.63. The Bertz CT molecular complexity index is 3520. The number of nitrogens with zero attached hydrogens (tertiary/aromatic N) is 2. The maximum Gasteiger partial charge on any atom is 0.0541 e. The molecule has 0 aliphatic rings. The van der Waals surface area contributed by atoms with E-state index in [0.717, 1.165) is 11.0 Å². The number of para-hydroxylation sites is 3. The number of rotatable bonds is 5. The average molecular weight is 782 g/mol. The predicted molar refractivity (Wildman–Crippen MR) is 259 cm³/mol. The third-order valence-corrected chi connectivity index (χ3v) is 12.4. The lowest BCUT2D eigenvalue weighted by Crippen LogP contribution is -1.95. The molecule has 3 heterocycles. The smallest absolute Gasteiger partial charge is 0.0541 e. The number of hydrogen-bond donors (Lipinski definition) is 1. The van der Waals surface area contributed by atoms with Crippen LogP contribution >= 0.6 is 0 Å². The van der Waals surface area contributed by atoms with E-state index in [1.807, 2.05) is 0 Å². The summed E-state index contributed by atoms with van der Waals surface area (Å²) in [6, 6.07) is 78.3. The molecule has 1 N–H and O–H groups in total. The van der Waals surface area contributed by atoms with Crippen LogP contribution in [0.15, 0.2) is 218 Å². The zero-order chi connectivity index (χ0) is 40.9. The van der Waals surface area contributed by atoms with E-state index < -0.39 is 0 Å². The molecule has 0 aliphatic heterocycles. The van der Waals surface area contributed by atoms with Gasteiger partial charge in [0, 0.05) is 55.0 Å². The van der Waals surface area contributed by atoms with Crippen LogP contribution in [0.3, 0.4) is 0 Å². The molecule has 0 atom stereocenters. The SMILES string of the molecule is Cc1c(C)n(-c2ccccc2)c2ccccc12.c1ccc(-c2ccc3[nH]c4ccc(-c5ccc6c(c5)c5cc(-c7ccccc7)ccc5n6-c5ccccc5)cc4c3c2)cc1. The van der Waals surface area contributed by atoms with Crippen molar-refractivity contribution in [3.8, 4) is 44.8 Å². The second-order valence-corrected chi connectivity index (χ2v) is 15.9. The lowest BCUT2D eigenvalue weighted by Gasteiger charge is -2.08. The van der Waals surface area contributed by atoms with Gasteiger partial charge in [-0.1, -0.05) is 140 Å². The number of fused-ring (bicyclic) bond motifs is 7. The molecule has 3 aromatic heterocycles. The second-order valence-electron chi connectivity index (χ2n) is 15.9. The van der Waals surface area contributed by atoms with Gasteiger partial charge in [0.05, 0.1) is 16.6 Å². The van der Waals surface area contributed by atoms with Gasteiger partial charge in [-0.25, -0.2) is 0 Å². The molecule has 0 spiro atoms. The maximum absolute atomic E-state index is 3.63. The largest absolute Gasteiger partial charge is 0.355 e. The molecule has 3 nitrogen and oxygen atoms in total. The molecular formula is C58H43N3. The van der Waals surface area contributed by atoms with Crippen LogP contribution in [0.2, 0.25) is 0 Å². The minimum absolute atomic E-state index is 1.16. The Morgan fingerprint density at radius 3 is 1.18 bits per heavy atom. The molecule has 0 aliphatic carbocycles. The van der Waals surface area contributed by atoms with E-state index >= 15 is 0 Å². The number of benzene rings is 9. The Morgan fingerprint density at radius 1 is 0.295 bits per heavy atom. The summed E-state index contributed by atoms with van der Waals surface area (Å²) in [6.45, 7) is 4.37. The Kier molecular flexibility index (Phi) is 8.94. The van der Waals surface area contributed by atoms with E-state index in [-0.39, 0.29) is 0 Å². The number of hydrogen-bond acceptors (Lipinski definition) is 0. The molecular weight excluding hydrogens is 739 g/mol. The first-order chi connectivity index (χ1) is 30.1. The van der Waals surface area contributed by atoms with Crippen molar-refractivity contribution in [2.75, 3.05) is 0 Å². The van der Waals surface area contributed by atoms with Gasteiger partial charge in [0.2, 0.25) is 0 Å². The molecule has 61 heavy (non-hydrogen) atoms. The summed E-state index contributed by atoms with van der Waals surface area (Å²) in [5.41, 5.74) is 18.4. The topological polar surface area (TPSA) is 25.6 Å². The van der Waals surface area contributed by atoms with Crippen molar-refractivity contribution in [1.29, 1.82) is 0 Å². The molecule has 0 saturated carbocycles. The van der Waals surface area contributed by atoms with Crippen LogP contribution in [0.5, 0.6) is 0 Å². The van der Waals surface area contributed by atoms with E-state index in [4.69, 9.17) is 0 Å². The summed E-state index contributed by atoms with van der Waals surface area (Å²) in [7, 11) is 0. The molecule has 0 fully saturated rings. The van der Waals surface area contributed by atoms with Gasteiger partial charge in [0.15, 0.2) is 0 Å². The van der Waals surface area contributed by atoms with Crippen molar-refractivity contribution in [3.63, 3.8) is 0 Å². The van der Waals surface area contributed by atoms with Crippen LogP contribution in [0.1, 0.15) is 11.3 Å². The Labute approximate surface area is 355 Å². The Balaban J connectivity index is 0.000000207. The zero-order valence-corrected chi connectivity index (χ0v) is 34.2. The first kappa shape index (κ1) is 36.2. The van der Waals surface area contributed by atoms with Crippen LogP contribution in [0.4, 0.5) is 0 Å². The van der Waals surface area contributed by atoms with E-state index in [1.54, 1.807) is 0 Å². The van der Waals surface area contributed by atoms with Gasteiger partial charge in [-0.05, 0) is 132 Å².